The van der Waals surface area contributed by atoms with Crippen LogP contribution in [0.3, 0.4) is 0 Å². The Bertz CT molecular complexity index is 460. The number of carbonyl (C=O) groups is 1. The van der Waals surface area contributed by atoms with Crippen molar-refractivity contribution in [2.45, 2.75) is 25.3 Å². The normalized spacial score (nSPS) is 22.9. The van der Waals surface area contributed by atoms with Crippen molar-refractivity contribution in [3.05, 3.63) is 28.1 Å². The Morgan fingerprint density at radius 3 is 3.00 bits per heavy atom. The predicted molar refractivity (Wildman–Crippen MR) is 66.8 cm³/mol. The number of carbonyl (C=O) groups excluding carboxylic acids is 1. The molecule has 98 valence electrons. The van der Waals surface area contributed by atoms with Gasteiger partial charge in [0.05, 0.1) is 11.1 Å². The fraction of sp³-hybridized carbons (Fsp3) is 0.545. The topological polar surface area (TPSA) is 88.0 Å². The third-order valence-corrected chi connectivity index (χ3v) is 3.69. The van der Waals surface area contributed by atoms with Gasteiger partial charge in [0, 0.05) is 18.0 Å². The second-order valence-electron chi connectivity index (χ2n) is 4.45. The average Bonchev–Trinajstić information content (AvgIpc) is 2.96. The first-order valence-corrected chi connectivity index (χ1v) is 6.35. The van der Waals surface area contributed by atoms with Gasteiger partial charge in [-0.3, -0.25) is 14.9 Å². The van der Waals surface area contributed by atoms with Crippen molar-refractivity contribution in [2.75, 3.05) is 5.88 Å². The van der Waals surface area contributed by atoms with Crippen LogP contribution >= 0.6 is 11.6 Å². The molecule has 0 aromatic carbocycles. The van der Waals surface area contributed by atoms with E-state index in [1.165, 1.54) is 12.3 Å². The molecule has 18 heavy (non-hydrogen) atoms. The van der Waals surface area contributed by atoms with Crippen LogP contribution in [0.15, 0.2) is 12.3 Å². The van der Waals surface area contributed by atoms with E-state index in [9.17, 15) is 14.9 Å². The van der Waals surface area contributed by atoms with Gasteiger partial charge in [-0.25, -0.2) is 0 Å². The quantitative estimate of drug-likeness (QED) is 0.499. The molecule has 2 rings (SSSR count). The summed E-state index contributed by atoms with van der Waals surface area (Å²) in [5.41, 5.74) is 0.0994. The van der Waals surface area contributed by atoms with E-state index >= 15 is 0 Å². The first kappa shape index (κ1) is 12.9. The fourth-order valence-corrected chi connectivity index (χ4v) is 2.65. The number of H-pyrrole nitrogens is 1. The highest BCUT2D eigenvalue weighted by Crippen LogP contribution is 2.26. The maximum Gasteiger partial charge on any atom is 0.287 e. The van der Waals surface area contributed by atoms with Crippen molar-refractivity contribution in [3.8, 4) is 0 Å². The van der Waals surface area contributed by atoms with Crippen molar-refractivity contribution < 1.29 is 9.72 Å². The highest BCUT2D eigenvalue weighted by atomic mass is 35.5. The van der Waals surface area contributed by atoms with Gasteiger partial charge in [0.15, 0.2) is 0 Å². The van der Waals surface area contributed by atoms with E-state index in [1.807, 2.05) is 0 Å². The van der Waals surface area contributed by atoms with Crippen LogP contribution < -0.4 is 5.32 Å². The Balaban J connectivity index is 2.00. The zero-order valence-electron chi connectivity index (χ0n) is 9.69. The Labute approximate surface area is 109 Å². The predicted octanol–water partition coefficient (Wildman–Crippen LogP) is 2.06. The SMILES string of the molecule is O=C(NC1CCCC1CCl)c1cc([N+](=O)[O-])c[nH]1. The van der Waals surface area contributed by atoms with E-state index < -0.39 is 4.92 Å². The first-order valence-electron chi connectivity index (χ1n) is 5.81. The summed E-state index contributed by atoms with van der Waals surface area (Å²) < 4.78 is 0. The number of nitrogens with zero attached hydrogens (tertiary/aromatic N) is 1. The molecule has 6 nitrogen and oxygen atoms in total. The molecule has 0 radical (unpaired) electrons. The molecule has 1 heterocycles. The maximum absolute atomic E-state index is 11.9. The molecule has 1 fully saturated rings. The van der Waals surface area contributed by atoms with Gasteiger partial charge in [-0.15, -0.1) is 11.6 Å². The standard InChI is InChI=1S/C11H14ClN3O3/c12-5-7-2-1-3-9(7)14-11(16)10-4-8(6-13-10)15(17)18/h4,6-7,9,13H,1-3,5H2,(H,14,16). The molecule has 0 spiro atoms. The van der Waals surface area contributed by atoms with Gasteiger partial charge >= 0.3 is 0 Å². The Morgan fingerprint density at radius 2 is 2.39 bits per heavy atom. The van der Waals surface area contributed by atoms with Gasteiger partial charge in [0.1, 0.15) is 5.69 Å². The number of hydrogen-bond donors (Lipinski definition) is 2. The summed E-state index contributed by atoms with van der Waals surface area (Å²) in [6.07, 6.45) is 4.18. The average molecular weight is 272 g/mol. The monoisotopic (exact) mass is 271 g/mol. The highest BCUT2D eigenvalue weighted by Gasteiger charge is 2.28. The van der Waals surface area contributed by atoms with Crippen LogP contribution in [0, 0.1) is 16.0 Å². The van der Waals surface area contributed by atoms with E-state index in [0.717, 1.165) is 19.3 Å². The van der Waals surface area contributed by atoms with Gasteiger partial charge < -0.3 is 10.3 Å². The third-order valence-electron chi connectivity index (χ3n) is 3.30. The molecule has 1 aliphatic carbocycles. The van der Waals surface area contributed by atoms with Gasteiger partial charge in [-0.1, -0.05) is 6.42 Å². The number of alkyl halides is 1. The summed E-state index contributed by atoms with van der Waals surface area (Å²) in [5, 5.41) is 13.4. The summed E-state index contributed by atoms with van der Waals surface area (Å²) in [5.74, 6) is 0.501. The van der Waals surface area contributed by atoms with E-state index in [-0.39, 0.29) is 23.3 Å². The number of nitrogens with one attached hydrogen (secondary N) is 2. The largest absolute Gasteiger partial charge is 0.351 e. The lowest BCUT2D eigenvalue weighted by atomic mass is 10.1. The Hall–Kier alpha value is -1.56. The van der Waals surface area contributed by atoms with Crippen LogP contribution in [0.4, 0.5) is 5.69 Å². The molecule has 7 heteroatoms. The van der Waals surface area contributed by atoms with Crippen molar-refractivity contribution >= 4 is 23.2 Å². The molecule has 1 amide bonds. The molecular weight excluding hydrogens is 258 g/mol. The van der Waals surface area contributed by atoms with Crippen molar-refractivity contribution in [1.82, 2.24) is 10.3 Å². The van der Waals surface area contributed by atoms with E-state index in [2.05, 4.69) is 10.3 Å². The second-order valence-corrected chi connectivity index (χ2v) is 4.76. The molecule has 2 unspecified atom stereocenters. The number of halogens is 1. The van der Waals surface area contributed by atoms with Crippen LogP contribution in [-0.2, 0) is 0 Å². The summed E-state index contributed by atoms with van der Waals surface area (Å²) in [6, 6.07) is 1.30. The maximum atomic E-state index is 11.9. The van der Waals surface area contributed by atoms with E-state index in [0.29, 0.717) is 11.8 Å². The minimum absolute atomic E-state index is 0.0670. The minimum atomic E-state index is -0.537. The number of hydrogen-bond acceptors (Lipinski definition) is 3. The minimum Gasteiger partial charge on any atom is -0.351 e. The van der Waals surface area contributed by atoms with Crippen molar-refractivity contribution in [1.29, 1.82) is 0 Å². The number of aromatic nitrogens is 1. The number of aromatic amines is 1. The lowest BCUT2D eigenvalue weighted by Gasteiger charge is -2.18. The van der Waals surface area contributed by atoms with Crippen molar-refractivity contribution in [3.63, 3.8) is 0 Å². The highest BCUT2D eigenvalue weighted by molar-refractivity contribution is 6.18. The van der Waals surface area contributed by atoms with Gasteiger partial charge in [0.2, 0.25) is 0 Å². The fourth-order valence-electron chi connectivity index (χ4n) is 2.28. The molecule has 1 aliphatic rings. The molecule has 2 atom stereocenters. The smallest absolute Gasteiger partial charge is 0.287 e. The molecule has 2 N–H and O–H groups in total. The lowest BCUT2D eigenvalue weighted by Crippen LogP contribution is -2.38. The van der Waals surface area contributed by atoms with Crippen LogP contribution in [-0.4, -0.2) is 27.7 Å². The molecule has 1 aromatic rings. The molecule has 1 aromatic heterocycles. The van der Waals surface area contributed by atoms with Gasteiger partial charge in [-0.2, -0.15) is 0 Å². The Kier molecular flexibility index (Phi) is 3.86. The van der Waals surface area contributed by atoms with Crippen LogP contribution in [0.25, 0.3) is 0 Å². The summed E-state index contributed by atoms with van der Waals surface area (Å²) in [7, 11) is 0. The van der Waals surface area contributed by atoms with Gasteiger partial charge in [-0.05, 0) is 18.8 Å². The zero-order chi connectivity index (χ0) is 13.1. The lowest BCUT2D eigenvalue weighted by molar-refractivity contribution is -0.384. The van der Waals surface area contributed by atoms with E-state index in [1.54, 1.807) is 0 Å². The van der Waals surface area contributed by atoms with Crippen molar-refractivity contribution in [2.24, 2.45) is 5.92 Å². The van der Waals surface area contributed by atoms with E-state index in [4.69, 9.17) is 11.6 Å². The second kappa shape index (κ2) is 5.39. The summed E-state index contributed by atoms with van der Waals surface area (Å²) >= 11 is 5.83. The first-order chi connectivity index (χ1) is 8.61. The zero-order valence-corrected chi connectivity index (χ0v) is 10.4. The molecular formula is C11H14ClN3O3. The third kappa shape index (κ3) is 2.64. The molecule has 0 aliphatic heterocycles. The molecule has 0 saturated heterocycles. The summed E-state index contributed by atoms with van der Waals surface area (Å²) in [6.45, 7) is 0. The van der Waals surface area contributed by atoms with Gasteiger partial charge in [0.25, 0.3) is 11.6 Å². The Morgan fingerprint density at radius 1 is 1.61 bits per heavy atom. The van der Waals surface area contributed by atoms with Crippen LogP contribution in [0.1, 0.15) is 29.8 Å². The van der Waals surface area contributed by atoms with Crippen LogP contribution in [0.2, 0.25) is 0 Å². The number of nitro groups is 1. The number of amides is 1. The number of rotatable bonds is 4. The molecule has 1 saturated carbocycles. The molecule has 0 bridgehead atoms. The van der Waals surface area contributed by atoms with Crippen LogP contribution in [0.5, 0.6) is 0 Å². The summed E-state index contributed by atoms with van der Waals surface area (Å²) in [4.78, 5) is 24.5.